The van der Waals surface area contributed by atoms with Crippen molar-refractivity contribution in [3.8, 4) is 46.0 Å². The van der Waals surface area contributed by atoms with Gasteiger partial charge in [0, 0.05) is 73.2 Å². The number of carbonyl (C=O) groups is 4. The third-order valence-electron chi connectivity index (χ3n) is 16.9. The highest BCUT2D eigenvalue weighted by Crippen LogP contribution is 2.35. The van der Waals surface area contributed by atoms with Gasteiger partial charge in [-0.2, -0.15) is 0 Å². The molecule has 0 saturated heterocycles. The van der Waals surface area contributed by atoms with Gasteiger partial charge in [0.1, 0.15) is 84.7 Å². The largest absolute Gasteiger partial charge is 0.487 e. The van der Waals surface area contributed by atoms with Crippen LogP contribution in [-0.4, -0.2) is 341 Å². The molecule has 0 saturated carbocycles. The molecule has 4 aromatic carbocycles. The smallest absolute Gasteiger partial charge is 0.307 e. The molecule has 0 bridgehead atoms. The van der Waals surface area contributed by atoms with Crippen LogP contribution in [-0.2, 0) is 114 Å². The Bertz CT molecular complexity index is 2900. The average molecular weight is 1660 g/mol. The van der Waals surface area contributed by atoms with E-state index in [1.807, 2.05) is 0 Å². The van der Waals surface area contributed by atoms with Crippen LogP contribution in [0.15, 0.2) is 72.8 Å². The van der Waals surface area contributed by atoms with Crippen LogP contribution in [0.5, 0.6) is 46.0 Å². The second kappa shape index (κ2) is 61.1. The molecular weight excluding hydrogens is 1540 g/mol. The summed E-state index contributed by atoms with van der Waals surface area (Å²) in [7, 11) is 0. The van der Waals surface area contributed by atoms with Crippen LogP contribution in [0.25, 0.3) is 0 Å². The quantitative estimate of drug-likeness (QED) is 0.0496. The molecular formula is C81H120N4O32. The van der Waals surface area contributed by atoms with E-state index in [0.717, 1.165) is 0 Å². The first-order valence-electron chi connectivity index (χ1n) is 40.2. The number of carbonyl (C=O) groups excluding carboxylic acids is 4. The third-order valence-corrected chi connectivity index (χ3v) is 16.9. The molecule has 0 amide bonds. The highest BCUT2D eigenvalue weighted by molar-refractivity contribution is 5.73. The number of hydrogen-bond donors (Lipinski definition) is 4. The summed E-state index contributed by atoms with van der Waals surface area (Å²) >= 11 is 0. The molecule has 0 radical (unpaired) electrons. The Morgan fingerprint density at radius 1 is 0.214 bits per heavy atom. The van der Waals surface area contributed by atoms with Gasteiger partial charge in [-0.3, -0.25) is 19.2 Å². The molecule has 0 fully saturated rings. The summed E-state index contributed by atoms with van der Waals surface area (Å²) in [5.74, 6) is 0.771. The zero-order valence-corrected chi connectivity index (χ0v) is 67.3. The summed E-state index contributed by atoms with van der Waals surface area (Å²) in [5, 5.41) is 13.0. The van der Waals surface area contributed by atoms with Crippen LogP contribution in [0.1, 0.15) is 25.7 Å². The Kier molecular flexibility index (Phi) is 49.2. The van der Waals surface area contributed by atoms with E-state index in [0.29, 0.717) is 254 Å². The first kappa shape index (κ1) is 94.2. The van der Waals surface area contributed by atoms with Gasteiger partial charge in [-0.05, 0) is 48.5 Å². The van der Waals surface area contributed by atoms with E-state index in [2.05, 4.69) is 21.3 Å². The highest BCUT2D eigenvalue weighted by atomic mass is 16.6. The zero-order chi connectivity index (χ0) is 81.6. The van der Waals surface area contributed by atoms with Crippen molar-refractivity contribution in [2.45, 2.75) is 25.7 Å². The summed E-state index contributed by atoms with van der Waals surface area (Å²) in [4.78, 5) is 56.3. The minimum Gasteiger partial charge on any atom is -0.487 e. The van der Waals surface area contributed by atoms with Gasteiger partial charge in [0.25, 0.3) is 0 Å². The maximum Gasteiger partial charge on any atom is 0.307 e. The second-order valence-corrected chi connectivity index (χ2v) is 26.1. The predicted molar refractivity (Wildman–Crippen MR) is 422 cm³/mol. The minimum atomic E-state index is -1.68. The molecule has 4 aliphatic heterocycles. The van der Waals surface area contributed by atoms with Gasteiger partial charge in [-0.15, -0.1) is 0 Å². The Balaban J connectivity index is 0.966. The number of ether oxygens (including phenoxy) is 28. The molecule has 4 heterocycles. The van der Waals surface area contributed by atoms with Gasteiger partial charge < -0.3 is 154 Å². The molecule has 36 nitrogen and oxygen atoms in total. The molecule has 0 aliphatic carbocycles. The number of benzene rings is 4. The Hall–Kier alpha value is -8.28. The average Bonchev–Trinajstić information content (AvgIpc) is 0.903. The summed E-state index contributed by atoms with van der Waals surface area (Å²) in [6.07, 6.45) is -0.731. The van der Waals surface area contributed by atoms with Crippen molar-refractivity contribution in [1.29, 1.82) is 0 Å². The van der Waals surface area contributed by atoms with Crippen LogP contribution in [0, 0.1) is 5.41 Å². The van der Waals surface area contributed by atoms with Crippen LogP contribution in [0.2, 0.25) is 0 Å². The lowest BCUT2D eigenvalue weighted by Gasteiger charge is -2.31. The number of rotatable bonds is 24. The van der Waals surface area contributed by atoms with Crippen LogP contribution < -0.4 is 59.2 Å². The summed E-state index contributed by atoms with van der Waals surface area (Å²) in [6, 6.07) is 21.0. The lowest BCUT2D eigenvalue weighted by atomic mass is 9.92. The third kappa shape index (κ3) is 42.8. The van der Waals surface area contributed by atoms with Crippen molar-refractivity contribution in [3.05, 3.63) is 72.8 Å². The van der Waals surface area contributed by atoms with Crippen LogP contribution in [0.3, 0.4) is 0 Å². The molecule has 117 heavy (non-hydrogen) atoms. The molecule has 36 heteroatoms. The highest BCUT2D eigenvalue weighted by Gasteiger charge is 2.38. The van der Waals surface area contributed by atoms with Gasteiger partial charge in [-0.1, -0.05) is 0 Å². The van der Waals surface area contributed by atoms with Crippen molar-refractivity contribution in [1.82, 2.24) is 0 Å². The summed E-state index contributed by atoms with van der Waals surface area (Å²) < 4.78 is 163. The second-order valence-electron chi connectivity index (χ2n) is 26.1. The van der Waals surface area contributed by atoms with E-state index in [9.17, 15) is 19.2 Å². The fourth-order valence-electron chi connectivity index (χ4n) is 10.8. The van der Waals surface area contributed by atoms with Gasteiger partial charge in [0.05, 0.1) is 237 Å². The van der Waals surface area contributed by atoms with Crippen molar-refractivity contribution in [3.63, 3.8) is 0 Å². The molecule has 656 valence electrons. The molecule has 0 unspecified atom stereocenters. The number of esters is 4. The van der Waals surface area contributed by atoms with E-state index < -0.39 is 55.7 Å². The summed E-state index contributed by atoms with van der Waals surface area (Å²) in [5.41, 5.74) is 0.701. The maximum atomic E-state index is 14.1. The fourth-order valence-corrected chi connectivity index (χ4v) is 10.8. The van der Waals surface area contributed by atoms with E-state index in [-0.39, 0.29) is 131 Å². The fraction of sp³-hybridized carbons (Fsp3) is 0.654. The molecule has 0 atom stereocenters. The SMILES string of the molecule is O=C(CCNc1ccc2c(c1)OCCOCCOCCOCCOCCO2)OCC(COC(=O)CCNc1ccc2c(c1)OCCOCCOCCOCCOCCO2)(COC(=O)CCNc1ccc2c(c1)OCCOCCOCCOCCOCCO2)COC(=O)CCNc1ccc2c(c1)OCCOCCOCCOCCOCCO2. The molecule has 4 aromatic rings. The minimum absolute atomic E-state index is 0.0762. The number of hydrogen-bond acceptors (Lipinski definition) is 36. The number of anilines is 4. The van der Waals surface area contributed by atoms with E-state index in [4.69, 9.17) is 133 Å². The molecule has 0 spiro atoms. The lowest BCUT2D eigenvalue weighted by Crippen LogP contribution is -2.44. The van der Waals surface area contributed by atoms with Crippen LogP contribution >= 0.6 is 0 Å². The Labute approximate surface area is 683 Å². The Morgan fingerprint density at radius 3 is 0.521 bits per heavy atom. The van der Waals surface area contributed by atoms with Gasteiger partial charge in [0.15, 0.2) is 46.0 Å². The van der Waals surface area contributed by atoms with Crippen molar-refractivity contribution < 1.29 is 152 Å². The topological polar surface area (TPSA) is 375 Å². The molecule has 4 N–H and O–H groups in total. The first-order chi connectivity index (χ1) is 57.8. The van der Waals surface area contributed by atoms with Gasteiger partial charge >= 0.3 is 23.9 Å². The maximum absolute atomic E-state index is 14.1. The Morgan fingerprint density at radius 2 is 0.359 bits per heavy atom. The monoisotopic (exact) mass is 1660 g/mol. The molecule has 0 aromatic heterocycles. The van der Waals surface area contributed by atoms with E-state index in [1.165, 1.54) is 0 Å². The number of nitrogens with one attached hydrogen (secondary N) is 4. The van der Waals surface area contributed by atoms with Crippen molar-refractivity contribution >= 4 is 46.6 Å². The standard InChI is InChI=1S/C81H120N4O32/c86-77(9-13-82-65-1-5-69-73(57-65)110-53-45-102-37-29-94-21-17-90-25-33-98-41-49-106-69)114-61-81(62-115-78(87)10-14-83-66-2-6-70-74(58-66)111-54-46-103-38-30-95-22-18-91-26-34-99-42-50-107-70,63-116-79(88)11-15-84-67-3-7-71-75(59-67)112-55-47-104-39-31-96-23-19-92-27-35-100-43-51-108-71)64-117-80(89)12-16-85-68-4-8-72-76(60-68)113-56-48-105-40-32-97-24-20-93-28-36-101-44-52-109-72/h1-8,57-60,82-85H,9-56,61-64H2. The van der Waals surface area contributed by atoms with E-state index >= 15 is 0 Å². The van der Waals surface area contributed by atoms with Crippen molar-refractivity contribution in [2.75, 3.05) is 338 Å². The molecule has 8 rings (SSSR count). The predicted octanol–water partition coefficient (Wildman–Crippen LogP) is 5.50. The molecule has 4 aliphatic rings. The first-order valence-corrected chi connectivity index (χ1v) is 40.2. The number of fused-ring (bicyclic) bond motifs is 4. The normalized spacial score (nSPS) is 18.1. The van der Waals surface area contributed by atoms with Gasteiger partial charge in [0.2, 0.25) is 0 Å². The summed E-state index contributed by atoms with van der Waals surface area (Å²) in [6.45, 7) is 11.9. The van der Waals surface area contributed by atoms with E-state index in [1.54, 1.807) is 72.8 Å². The zero-order valence-electron chi connectivity index (χ0n) is 67.3. The van der Waals surface area contributed by atoms with Crippen LogP contribution in [0.4, 0.5) is 22.7 Å². The van der Waals surface area contributed by atoms with Crippen molar-refractivity contribution in [2.24, 2.45) is 5.41 Å². The van der Waals surface area contributed by atoms with Gasteiger partial charge in [-0.25, -0.2) is 0 Å². The lowest BCUT2D eigenvalue weighted by molar-refractivity contribution is -0.170.